The van der Waals surface area contributed by atoms with Gasteiger partial charge in [-0.05, 0) is 41.8 Å². The molecule has 0 aliphatic carbocycles. The fourth-order valence-electron chi connectivity index (χ4n) is 2.36. The first kappa shape index (κ1) is 13.6. The number of hydrogen-bond acceptors (Lipinski definition) is 2. The second kappa shape index (κ2) is 6.91. The van der Waals surface area contributed by atoms with Crippen LogP contribution in [0.3, 0.4) is 0 Å². The Morgan fingerprint density at radius 2 is 2.00 bits per heavy atom. The number of thiophene rings is 1. The van der Waals surface area contributed by atoms with Gasteiger partial charge in [0.05, 0.1) is 0 Å². The molecule has 0 saturated carbocycles. The fourth-order valence-corrected chi connectivity index (χ4v) is 3.38. The molecule has 1 aromatic carbocycles. The Balaban J connectivity index is 2.22. The van der Waals surface area contributed by atoms with E-state index >= 15 is 0 Å². The van der Waals surface area contributed by atoms with Gasteiger partial charge in [0, 0.05) is 10.7 Å². The highest BCUT2D eigenvalue weighted by Gasteiger charge is 2.14. The van der Waals surface area contributed by atoms with Crippen molar-refractivity contribution >= 4 is 21.4 Å². The van der Waals surface area contributed by atoms with Gasteiger partial charge in [-0.25, -0.2) is 0 Å². The van der Waals surface area contributed by atoms with Crippen molar-refractivity contribution in [2.24, 2.45) is 0 Å². The quantitative estimate of drug-likeness (QED) is 0.728. The first-order valence-electron chi connectivity index (χ1n) is 7.06. The number of rotatable bonds is 7. The molecule has 0 spiro atoms. The van der Waals surface area contributed by atoms with Crippen molar-refractivity contribution in [3.8, 4) is 0 Å². The normalized spacial score (nSPS) is 13.0. The molecule has 18 heavy (non-hydrogen) atoms. The van der Waals surface area contributed by atoms with E-state index < -0.39 is 0 Å². The summed E-state index contributed by atoms with van der Waals surface area (Å²) >= 11 is 1.87. The summed E-state index contributed by atoms with van der Waals surface area (Å²) in [5.41, 5.74) is 1.50. The van der Waals surface area contributed by atoms with Gasteiger partial charge in [0.25, 0.3) is 0 Å². The molecule has 1 aromatic heterocycles. The highest BCUT2D eigenvalue weighted by Crippen LogP contribution is 2.32. The molecular weight excluding hydrogens is 238 g/mol. The van der Waals surface area contributed by atoms with Crippen molar-refractivity contribution in [3.05, 3.63) is 35.2 Å². The highest BCUT2D eigenvalue weighted by molar-refractivity contribution is 7.17. The minimum atomic E-state index is 0.529. The van der Waals surface area contributed by atoms with Crippen molar-refractivity contribution in [3.63, 3.8) is 0 Å². The van der Waals surface area contributed by atoms with Crippen LogP contribution in [-0.2, 0) is 0 Å². The summed E-state index contributed by atoms with van der Waals surface area (Å²) in [6, 6.07) is 9.29. The van der Waals surface area contributed by atoms with E-state index in [1.54, 1.807) is 0 Å². The monoisotopic (exact) mass is 261 g/mol. The molecule has 0 saturated heterocycles. The predicted molar refractivity (Wildman–Crippen MR) is 82.4 cm³/mol. The molecule has 0 bridgehead atoms. The molecule has 98 valence electrons. The topological polar surface area (TPSA) is 12.0 Å². The minimum Gasteiger partial charge on any atom is -0.310 e. The van der Waals surface area contributed by atoms with Gasteiger partial charge in [-0.1, -0.05) is 44.9 Å². The number of nitrogens with one attached hydrogen (secondary N) is 1. The second-order valence-corrected chi connectivity index (χ2v) is 5.75. The van der Waals surface area contributed by atoms with Crippen molar-refractivity contribution in [1.29, 1.82) is 0 Å². The van der Waals surface area contributed by atoms with Gasteiger partial charge in [-0.3, -0.25) is 0 Å². The van der Waals surface area contributed by atoms with Crippen LogP contribution >= 0.6 is 11.3 Å². The molecule has 0 amide bonds. The molecular formula is C16H23NS. The molecule has 0 radical (unpaired) electrons. The van der Waals surface area contributed by atoms with Crippen LogP contribution < -0.4 is 5.32 Å². The van der Waals surface area contributed by atoms with Gasteiger partial charge in [0.2, 0.25) is 0 Å². The van der Waals surface area contributed by atoms with E-state index in [-0.39, 0.29) is 0 Å². The third-order valence-corrected chi connectivity index (χ3v) is 4.36. The first-order valence-corrected chi connectivity index (χ1v) is 7.94. The molecule has 0 aliphatic rings. The van der Waals surface area contributed by atoms with Gasteiger partial charge < -0.3 is 5.32 Å². The standard InChI is InChI=1S/C16H23NS/c1-3-5-9-15(17-11-4-2)14-12-18-16-10-7-6-8-13(14)16/h6-8,10,12,15,17H,3-5,9,11H2,1-2H3. The summed E-state index contributed by atoms with van der Waals surface area (Å²) in [7, 11) is 0. The number of unbranched alkanes of at least 4 members (excludes halogenated alkanes) is 1. The zero-order valence-electron chi connectivity index (χ0n) is 11.4. The second-order valence-electron chi connectivity index (χ2n) is 4.84. The molecule has 2 rings (SSSR count). The zero-order valence-corrected chi connectivity index (χ0v) is 12.2. The third kappa shape index (κ3) is 3.12. The largest absolute Gasteiger partial charge is 0.310 e. The smallest absolute Gasteiger partial charge is 0.0346 e. The lowest BCUT2D eigenvalue weighted by Crippen LogP contribution is -2.21. The first-order chi connectivity index (χ1) is 8.86. The Labute approximate surface area is 114 Å². The Kier molecular flexibility index (Phi) is 5.21. The predicted octanol–water partition coefficient (Wildman–Crippen LogP) is 5.13. The summed E-state index contributed by atoms with van der Waals surface area (Å²) in [5.74, 6) is 0. The summed E-state index contributed by atoms with van der Waals surface area (Å²) in [5, 5.41) is 7.48. The van der Waals surface area contributed by atoms with Crippen LogP contribution in [0.5, 0.6) is 0 Å². The van der Waals surface area contributed by atoms with Crippen LogP contribution in [0.15, 0.2) is 29.6 Å². The Morgan fingerprint density at radius 1 is 1.17 bits per heavy atom. The average Bonchev–Trinajstić information content (AvgIpc) is 2.83. The molecule has 2 heteroatoms. The molecule has 1 N–H and O–H groups in total. The van der Waals surface area contributed by atoms with Crippen LogP contribution in [-0.4, -0.2) is 6.54 Å². The van der Waals surface area contributed by atoms with Crippen molar-refractivity contribution in [2.75, 3.05) is 6.54 Å². The van der Waals surface area contributed by atoms with Crippen molar-refractivity contribution in [1.82, 2.24) is 5.32 Å². The van der Waals surface area contributed by atoms with E-state index in [1.165, 1.54) is 41.3 Å². The zero-order chi connectivity index (χ0) is 12.8. The maximum absolute atomic E-state index is 3.71. The van der Waals surface area contributed by atoms with Gasteiger partial charge in [0.15, 0.2) is 0 Å². The Hall–Kier alpha value is -0.860. The van der Waals surface area contributed by atoms with Gasteiger partial charge in [-0.15, -0.1) is 11.3 Å². The van der Waals surface area contributed by atoms with E-state index in [0.29, 0.717) is 6.04 Å². The average molecular weight is 261 g/mol. The highest BCUT2D eigenvalue weighted by atomic mass is 32.1. The maximum Gasteiger partial charge on any atom is 0.0346 e. The molecule has 0 fully saturated rings. The van der Waals surface area contributed by atoms with Crippen LogP contribution in [0.25, 0.3) is 10.1 Å². The summed E-state index contributed by atoms with van der Waals surface area (Å²) in [6.45, 7) is 5.61. The van der Waals surface area contributed by atoms with Crippen LogP contribution in [0.4, 0.5) is 0 Å². The van der Waals surface area contributed by atoms with Gasteiger partial charge in [0.1, 0.15) is 0 Å². The number of hydrogen-bond donors (Lipinski definition) is 1. The molecule has 1 heterocycles. The van der Waals surface area contributed by atoms with Crippen LogP contribution in [0.2, 0.25) is 0 Å². The van der Waals surface area contributed by atoms with E-state index in [9.17, 15) is 0 Å². The van der Waals surface area contributed by atoms with Crippen molar-refractivity contribution < 1.29 is 0 Å². The Morgan fingerprint density at radius 3 is 2.78 bits per heavy atom. The lowest BCUT2D eigenvalue weighted by Gasteiger charge is -2.18. The van der Waals surface area contributed by atoms with E-state index in [0.717, 1.165) is 6.54 Å². The molecule has 1 unspecified atom stereocenters. The van der Waals surface area contributed by atoms with Gasteiger partial charge in [-0.2, -0.15) is 0 Å². The third-order valence-electron chi connectivity index (χ3n) is 3.37. The SMILES string of the molecule is CCCCC(NCCC)c1csc2ccccc12. The lowest BCUT2D eigenvalue weighted by molar-refractivity contribution is 0.485. The van der Waals surface area contributed by atoms with E-state index in [1.807, 2.05) is 11.3 Å². The maximum atomic E-state index is 3.71. The Bertz CT molecular complexity index is 467. The number of benzene rings is 1. The number of fused-ring (bicyclic) bond motifs is 1. The summed E-state index contributed by atoms with van der Waals surface area (Å²) in [4.78, 5) is 0. The summed E-state index contributed by atoms with van der Waals surface area (Å²) in [6.07, 6.45) is 5.01. The molecule has 0 aliphatic heterocycles. The summed E-state index contributed by atoms with van der Waals surface area (Å²) < 4.78 is 1.41. The minimum absolute atomic E-state index is 0.529. The fraction of sp³-hybridized carbons (Fsp3) is 0.500. The van der Waals surface area contributed by atoms with Gasteiger partial charge >= 0.3 is 0 Å². The van der Waals surface area contributed by atoms with Crippen LogP contribution in [0.1, 0.15) is 51.1 Å². The molecule has 2 aromatic rings. The molecule has 1 atom stereocenters. The lowest BCUT2D eigenvalue weighted by atomic mass is 10.0. The van der Waals surface area contributed by atoms with Crippen molar-refractivity contribution in [2.45, 2.75) is 45.6 Å². The molecule has 1 nitrogen and oxygen atoms in total. The van der Waals surface area contributed by atoms with E-state index in [2.05, 4.69) is 48.8 Å². The van der Waals surface area contributed by atoms with Crippen LogP contribution in [0, 0.1) is 0 Å². The van der Waals surface area contributed by atoms with E-state index in [4.69, 9.17) is 0 Å².